The molecule has 0 bridgehead atoms. The Morgan fingerprint density at radius 3 is 2.29 bits per heavy atom. The Hall–Kier alpha value is -1.30. The van der Waals surface area contributed by atoms with Crippen molar-refractivity contribution in [3.63, 3.8) is 0 Å². The third kappa shape index (κ3) is 5.19. The van der Waals surface area contributed by atoms with Gasteiger partial charge in [-0.3, -0.25) is 4.79 Å². The number of nitrogens with one attached hydrogen (secondary N) is 1. The quantitative estimate of drug-likeness (QED) is 0.751. The first-order valence-corrected chi connectivity index (χ1v) is 7.75. The Morgan fingerprint density at radius 1 is 1.29 bits per heavy atom. The Bertz CT molecular complexity index is 365. The van der Waals surface area contributed by atoms with Crippen LogP contribution in [0.1, 0.15) is 46.0 Å². The zero-order chi connectivity index (χ0) is 16.0. The summed E-state index contributed by atoms with van der Waals surface area (Å²) >= 11 is 0. The molecule has 21 heavy (non-hydrogen) atoms. The third-order valence-electron chi connectivity index (χ3n) is 4.19. The molecule has 2 N–H and O–H groups in total. The molecule has 0 aliphatic heterocycles. The first-order chi connectivity index (χ1) is 9.79. The van der Waals surface area contributed by atoms with Crippen LogP contribution in [-0.4, -0.2) is 65.7 Å². The molecule has 1 unspecified atom stereocenters. The van der Waals surface area contributed by atoms with Crippen molar-refractivity contribution in [1.82, 2.24) is 15.1 Å². The van der Waals surface area contributed by atoms with E-state index in [2.05, 4.69) is 5.32 Å². The van der Waals surface area contributed by atoms with Gasteiger partial charge in [0.25, 0.3) is 0 Å². The SMILES string of the molecule is CCN(C(=O)NC1(CC(=O)O)CCCC1)C(C)CN(C)C. The first-order valence-electron chi connectivity index (χ1n) is 7.75. The van der Waals surface area contributed by atoms with Gasteiger partial charge >= 0.3 is 12.0 Å². The molecule has 1 aliphatic rings. The normalized spacial score (nSPS) is 18.5. The number of aliphatic carboxylic acids is 1. The molecule has 1 fully saturated rings. The zero-order valence-electron chi connectivity index (χ0n) is 13.7. The Balaban J connectivity index is 2.72. The van der Waals surface area contributed by atoms with Crippen LogP contribution in [0.2, 0.25) is 0 Å². The average Bonchev–Trinajstić information content (AvgIpc) is 2.75. The zero-order valence-corrected chi connectivity index (χ0v) is 13.7. The van der Waals surface area contributed by atoms with Crippen molar-refractivity contribution in [3.8, 4) is 0 Å². The second-order valence-corrected chi connectivity index (χ2v) is 6.39. The maximum atomic E-state index is 12.5. The van der Waals surface area contributed by atoms with Gasteiger partial charge in [-0.2, -0.15) is 0 Å². The molecule has 0 saturated heterocycles. The molecular formula is C15H29N3O3. The molecule has 122 valence electrons. The number of carbonyl (C=O) groups excluding carboxylic acids is 1. The molecule has 1 atom stereocenters. The lowest BCUT2D eigenvalue weighted by Gasteiger charge is -2.35. The van der Waals surface area contributed by atoms with E-state index in [0.29, 0.717) is 6.54 Å². The van der Waals surface area contributed by atoms with Crippen LogP contribution in [0, 0.1) is 0 Å². The fourth-order valence-electron chi connectivity index (χ4n) is 3.27. The monoisotopic (exact) mass is 299 g/mol. The lowest BCUT2D eigenvalue weighted by Crippen LogP contribution is -2.56. The summed E-state index contributed by atoms with van der Waals surface area (Å²) in [5.41, 5.74) is -0.561. The highest BCUT2D eigenvalue weighted by atomic mass is 16.4. The van der Waals surface area contributed by atoms with Crippen LogP contribution in [0.3, 0.4) is 0 Å². The number of nitrogens with zero attached hydrogens (tertiary/aromatic N) is 2. The number of rotatable bonds is 7. The largest absolute Gasteiger partial charge is 0.481 e. The van der Waals surface area contributed by atoms with E-state index in [1.165, 1.54) is 0 Å². The van der Waals surface area contributed by atoms with Crippen molar-refractivity contribution < 1.29 is 14.7 Å². The van der Waals surface area contributed by atoms with E-state index in [1.807, 2.05) is 32.8 Å². The molecule has 6 heteroatoms. The highest BCUT2D eigenvalue weighted by molar-refractivity contribution is 5.77. The molecular weight excluding hydrogens is 270 g/mol. The van der Waals surface area contributed by atoms with Crippen LogP contribution in [0.15, 0.2) is 0 Å². The Labute approximate surface area is 127 Å². The summed E-state index contributed by atoms with van der Waals surface area (Å²) in [7, 11) is 3.95. The van der Waals surface area contributed by atoms with Gasteiger partial charge in [-0.1, -0.05) is 12.8 Å². The summed E-state index contributed by atoms with van der Waals surface area (Å²) in [6.45, 7) is 5.36. The molecule has 0 aromatic carbocycles. The van der Waals surface area contributed by atoms with E-state index in [4.69, 9.17) is 5.11 Å². The number of hydrogen-bond donors (Lipinski definition) is 2. The third-order valence-corrected chi connectivity index (χ3v) is 4.19. The van der Waals surface area contributed by atoms with Crippen LogP contribution < -0.4 is 5.32 Å². The highest BCUT2D eigenvalue weighted by Crippen LogP contribution is 2.32. The van der Waals surface area contributed by atoms with Gasteiger partial charge in [-0.05, 0) is 40.8 Å². The molecule has 1 aliphatic carbocycles. The number of carboxylic acids is 1. The van der Waals surface area contributed by atoms with Gasteiger partial charge in [-0.15, -0.1) is 0 Å². The van der Waals surface area contributed by atoms with Gasteiger partial charge in [0.15, 0.2) is 0 Å². The summed E-state index contributed by atoms with van der Waals surface area (Å²) in [5, 5.41) is 12.1. The van der Waals surface area contributed by atoms with Crippen molar-refractivity contribution >= 4 is 12.0 Å². The topological polar surface area (TPSA) is 72.9 Å². The Morgan fingerprint density at radius 2 is 1.86 bits per heavy atom. The predicted octanol–water partition coefficient (Wildman–Crippen LogP) is 1.76. The number of likely N-dealkylation sites (N-methyl/N-ethyl adjacent to an activating group) is 2. The number of hydrogen-bond acceptors (Lipinski definition) is 3. The standard InChI is InChI=1S/C15H29N3O3/c1-5-18(12(2)11-17(3)4)14(21)16-15(10-13(19)20)8-6-7-9-15/h12H,5-11H2,1-4H3,(H,16,21)(H,19,20). The maximum Gasteiger partial charge on any atom is 0.318 e. The van der Waals surface area contributed by atoms with E-state index in [1.54, 1.807) is 4.90 Å². The molecule has 2 amide bonds. The average molecular weight is 299 g/mol. The van der Waals surface area contributed by atoms with Crippen LogP contribution in [-0.2, 0) is 4.79 Å². The molecule has 0 aromatic heterocycles. The van der Waals surface area contributed by atoms with Gasteiger partial charge < -0.3 is 20.2 Å². The fraction of sp³-hybridized carbons (Fsp3) is 0.867. The van der Waals surface area contributed by atoms with Crippen LogP contribution >= 0.6 is 0 Å². The lowest BCUT2D eigenvalue weighted by molar-refractivity contribution is -0.138. The van der Waals surface area contributed by atoms with Crippen LogP contribution in [0.25, 0.3) is 0 Å². The second-order valence-electron chi connectivity index (χ2n) is 6.39. The van der Waals surface area contributed by atoms with Crippen molar-refractivity contribution in [3.05, 3.63) is 0 Å². The fourth-order valence-corrected chi connectivity index (χ4v) is 3.27. The van der Waals surface area contributed by atoms with E-state index in [0.717, 1.165) is 32.2 Å². The van der Waals surface area contributed by atoms with Crippen molar-refractivity contribution in [1.29, 1.82) is 0 Å². The first kappa shape index (κ1) is 17.8. The summed E-state index contributed by atoms with van der Waals surface area (Å²) in [5.74, 6) is -0.846. The van der Waals surface area contributed by atoms with Crippen molar-refractivity contribution in [2.45, 2.75) is 57.5 Å². The minimum Gasteiger partial charge on any atom is -0.481 e. The Kier molecular flexibility index (Phi) is 6.45. The van der Waals surface area contributed by atoms with Gasteiger partial charge in [0.2, 0.25) is 0 Å². The van der Waals surface area contributed by atoms with E-state index >= 15 is 0 Å². The summed E-state index contributed by atoms with van der Waals surface area (Å²) in [6.07, 6.45) is 3.48. The number of carboxylic acid groups (broad SMARTS) is 1. The van der Waals surface area contributed by atoms with E-state index in [-0.39, 0.29) is 18.5 Å². The summed E-state index contributed by atoms with van der Waals surface area (Å²) in [6, 6.07) is -0.0525. The number of amides is 2. The second kappa shape index (κ2) is 7.64. The lowest BCUT2D eigenvalue weighted by atomic mass is 9.93. The van der Waals surface area contributed by atoms with Gasteiger partial charge in [0, 0.05) is 19.1 Å². The molecule has 0 spiro atoms. The van der Waals surface area contributed by atoms with E-state index in [9.17, 15) is 9.59 Å². The molecule has 0 aromatic rings. The van der Waals surface area contributed by atoms with Gasteiger partial charge in [0.05, 0.1) is 12.0 Å². The minimum absolute atomic E-state index is 0.0123. The number of carbonyl (C=O) groups is 2. The van der Waals surface area contributed by atoms with Crippen LogP contribution in [0.4, 0.5) is 4.79 Å². The number of urea groups is 1. The van der Waals surface area contributed by atoms with Gasteiger partial charge in [-0.25, -0.2) is 4.79 Å². The van der Waals surface area contributed by atoms with Crippen LogP contribution in [0.5, 0.6) is 0 Å². The molecule has 1 rings (SSSR count). The minimum atomic E-state index is -0.846. The summed E-state index contributed by atoms with van der Waals surface area (Å²) < 4.78 is 0. The maximum absolute atomic E-state index is 12.5. The smallest absolute Gasteiger partial charge is 0.318 e. The summed E-state index contributed by atoms with van der Waals surface area (Å²) in [4.78, 5) is 27.5. The van der Waals surface area contributed by atoms with Gasteiger partial charge in [0.1, 0.15) is 0 Å². The molecule has 0 radical (unpaired) electrons. The molecule has 6 nitrogen and oxygen atoms in total. The molecule has 1 saturated carbocycles. The van der Waals surface area contributed by atoms with Crippen molar-refractivity contribution in [2.24, 2.45) is 0 Å². The molecule has 0 heterocycles. The van der Waals surface area contributed by atoms with Crippen molar-refractivity contribution in [2.75, 3.05) is 27.2 Å². The highest BCUT2D eigenvalue weighted by Gasteiger charge is 2.38. The van der Waals surface area contributed by atoms with E-state index < -0.39 is 11.5 Å². The predicted molar refractivity (Wildman–Crippen MR) is 82.4 cm³/mol.